The predicted molar refractivity (Wildman–Crippen MR) is 127 cm³/mol. The average molecular weight is 488 g/mol. The number of anilines is 1. The Bertz CT molecular complexity index is 1340. The summed E-state index contributed by atoms with van der Waals surface area (Å²) < 4.78 is 57.2. The van der Waals surface area contributed by atoms with Gasteiger partial charge in [-0.2, -0.15) is 0 Å². The van der Waals surface area contributed by atoms with Gasteiger partial charge in [-0.3, -0.25) is 4.31 Å². The van der Waals surface area contributed by atoms with Crippen LogP contribution in [0.25, 0.3) is 11.1 Å². The van der Waals surface area contributed by atoms with Crippen LogP contribution in [0.4, 0.5) is 14.5 Å². The summed E-state index contributed by atoms with van der Waals surface area (Å²) in [6.07, 6.45) is 3.88. The van der Waals surface area contributed by atoms with E-state index >= 15 is 0 Å². The molecule has 0 unspecified atom stereocenters. The molecule has 3 aromatic carbocycles. The molecule has 0 aliphatic carbocycles. The molecule has 34 heavy (non-hydrogen) atoms. The summed E-state index contributed by atoms with van der Waals surface area (Å²) in [6.45, 7) is 3.65. The summed E-state index contributed by atoms with van der Waals surface area (Å²) in [5.74, 6) is -1.84. The third-order valence-corrected chi connectivity index (χ3v) is 8.26. The van der Waals surface area contributed by atoms with Crippen LogP contribution in [0.3, 0.4) is 0 Å². The summed E-state index contributed by atoms with van der Waals surface area (Å²) in [7, 11) is -4.42. The number of benzene rings is 3. The van der Waals surface area contributed by atoms with Crippen LogP contribution in [-0.2, 0) is 16.4 Å². The van der Waals surface area contributed by atoms with E-state index in [0.717, 1.165) is 35.7 Å². The van der Waals surface area contributed by atoms with Gasteiger partial charge in [0, 0.05) is 11.1 Å². The van der Waals surface area contributed by atoms with Crippen LogP contribution in [0.1, 0.15) is 56.7 Å². The topological polar surface area (TPSA) is 77.8 Å². The van der Waals surface area contributed by atoms with Crippen molar-refractivity contribution in [1.82, 2.24) is 0 Å². The van der Waals surface area contributed by atoms with Gasteiger partial charge in [-0.25, -0.2) is 17.2 Å². The molecule has 0 amide bonds. The lowest BCUT2D eigenvalue weighted by Crippen LogP contribution is -2.36. The van der Waals surface area contributed by atoms with Crippen molar-refractivity contribution in [3.05, 3.63) is 71.3 Å². The van der Waals surface area contributed by atoms with E-state index in [0.29, 0.717) is 29.5 Å². The fraction of sp³-hybridized carbons (Fsp3) is 0.308. The van der Waals surface area contributed by atoms with Gasteiger partial charge in [0.1, 0.15) is 28.0 Å². The number of hydrogen-bond donors (Lipinski definition) is 2. The van der Waals surface area contributed by atoms with Crippen LogP contribution >= 0.6 is 0 Å². The van der Waals surface area contributed by atoms with Crippen LogP contribution in [0, 0.1) is 11.6 Å². The highest BCUT2D eigenvalue weighted by molar-refractivity contribution is 7.93. The molecule has 5 nitrogen and oxygen atoms in total. The lowest BCUT2D eigenvalue weighted by Gasteiger charge is -2.37. The Balaban J connectivity index is 1.85. The lowest BCUT2D eigenvalue weighted by atomic mass is 9.90. The van der Waals surface area contributed by atoms with E-state index in [-0.39, 0.29) is 17.0 Å². The standard InChI is InChI=1S/C26H27F2NO4S/c1-3-4-5-6-7-21-24(30)12-13-25(26(21)31)34(32,33)29-16(2)22-14-17(27)8-10-19(22)20-11-9-18(28)15-23(20)29/h8-16,30-31H,3-7H2,1-2H3/t16-/m0/s1. The van der Waals surface area contributed by atoms with Crippen molar-refractivity contribution in [2.45, 2.75) is 56.9 Å². The lowest BCUT2D eigenvalue weighted by molar-refractivity contribution is 0.425. The summed E-state index contributed by atoms with van der Waals surface area (Å²) in [6, 6.07) is 9.42. The second-order valence-corrected chi connectivity index (χ2v) is 10.4. The molecular formula is C26H27F2NO4S. The van der Waals surface area contributed by atoms with E-state index in [1.54, 1.807) is 13.0 Å². The minimum Gasteiger partial charge on any atom is -0.508 e. The molecule has 0 aromatic heterocycles. The molecule has 0 saturated carbocycles. The fourth-order valence-corrected chi connectivity index (χ4v) is 6.36. The van der Waals surface area contributed by atoms with Crippen LogP contribution in [0.15, 0.2) is 53.4 Å². The quantitative estimate of drug-likeness (QED) is 0.376. The predicted octanol–water partition coefficient (Wildman–Crippen LogP) is 6.44. The van der Waals surface area contributed by atoms with Gasteiger partial charge in [0.25, 0.3) is 10.0 Å². The van der Waals surface area contributed by atoms with Gasteiger partial charge in [0.2, 0.25) is 0 Å². The molecule has 4 rings (SSSR count). The molecule has 1 aliphatic rings. The first-order valence-corrected chi connectivity index (χ1v) is 12.8. The molecule has 180 valence electrons. The Kier molecular flexibility index (Phi) is 6.53. The molecular weight excluding hydrogens is 460 g/mol. The molecule has 1 aliphatic heterocycles. The van der Waals surface area contributed by atoms with Crippen molar-refractivity contribution < 1.29 is 27.4 Å². The Hall–Kier alpha value is -3.13. The Morgan fingerprint density at radius 1 is 0.912 bits per heavy atom. The number of hydrogen-bond acceptors (Lipinski definition) is 4. The molecule has 0 fully saturated rings. The number of rotatable bonds is 7. The maximum atomic E-state index is 14.3. The highest BCUT2D eigenvalue weighted by Crippen LogP contribution is 2.49. The molecule has 1 atom stereocenters. The van der Waals surface area contributed by atoms with Gasteiger partial charge in [-0.15, -0.1) is 0 Å². The zero-order valence-electron chi connectivity index (χ0n) is 19.1. The summed E-state index contributed by atoms with van der Waals surface area (Å²) in [5.41, 5.74) is 1.75. The summed E-state index contributed by atoms with van der Waals surface area (Å²) >= 11 is 0. The third kappa shape index (κ3) is 4.11. The normalized spacial score (nSPS) is 15.2. The number of phenols is 2. The van der Waals surface area contributed by atoms with E-state index in [2.05, 4.69) is 6.92 Å². The zero-order valence-corrected chi connectivity index (χ0v) is 19.9. The monoisotopic (exact) mass is 487 g/mol. The van der Waals surface area contributed by atoms with Gasteiger partial charge in [0.05, 0.1) is 11.7 Å². The Labute approximate surface area is 198 Å². The average Bonchev–Trinajstić information content (AvgIpc) is 2.78. The number of nitrogens with zero attached hydrogens (tertiary/aromatic N) is 1. The van der Waals surface area contributed by atoms with E-state index in [1.165, 1.54) is 30.3 Å². The van der Waals surface area contributed by atoms with E-state index in [4.69, 9.17) is 0 Å². The van der Waals surface area contributed by atoms with Gasteiger partial charge in [-0.05, 0) is 73.4 Å². The molecule has 0 saturated heterocycles. The molecule has 0 spiro atoms. The van der Waals surface area contributed by atoms with Gasteiger partial charge >= 0.3 is 0 Å². The van der Waals surface area contributed by atoms with Crippen molar-refractivity contribution in [3.8, 4) is 22.6 Å². The number of fused-ring (bicyclic) bond motifs is 3. The Morgan fingerprint density at radius 3 is 2.29 bits per heavy atom. The van der Waals surface area contributed by atoms with Crippen molar-refractivity contribution in [3.63, 3.8) is 0 Å². The molecule has 3 aromatic rings. The van der Waals surface area contributed by atoms with Gasteiger partial charge in [-0.1, -0.05) is 32.3 Å². The highest BCUT2D eigenvalue weighted by atomic mass is 32.2. The minimum atomic E-state index is -4.42. The number of aromatic hydroxyl groups is 2. The second kappa shape index (κ2) is 9.25. The molecule has 8 heteroatoms. The maximum Gasteiger partial charge on any atom is 0.268 e. The van der Waals surface area contributed by atoms with Crippen LogP contribution in [0.5, 0.6) is 11.5 Å². The first-order chi connectivity index (χ1) is 16.2. The van der Waals surface area contributed by atoms with Crippen molar-refractivity contribution in [1.29, 1.82) is 0 Å². The van der Waals surface area contributed by atoms with Crippen LogP contribution in [-0.4, -0.2) is 18.6 Å². The number of halogens is 2. The largest absolute Gasteiger partial charge is 0.508 e. The summed E-state index contributed by atoms with van der Waals surface area (Å²) in [5, 5.41) is 21.2. The Morgan fingerprint density at radius 2 is 1.59 bits per heavy atom. The van der Waals surface area contributed by atoms with Gasteiger partial charge in [0.15, 0.2) is 0 Å². The highest BCUT2D eigenvalue weighted by Gasteiger charge is 2.39. The molecule has 0 bridgehead atoms. The summed E-state index contributed by atoms with van der Waals surface area (Å²) in [4.78, 5) is -0.391. The molecule has 0 radical (unpaired) electrons. The minimum absolute atomic E-state index is 0.101. The second-order valence-electron chi connectivity index (χ2n) is 8.59. The van der Waals surface area contributed by atoms with Crippen molar-refractivity contribution in [2.24, 2.45) is 0 Å². The molecule has 1 heterocycles. The van der Waals surface area contributed by atoms with E-state index < -0.39 is 38.3 Å². The molecule has 2 N–H and O–H groups in total. The third-order valence-electron chi connectivity index (χ3n) is 6.34. The smallest absolute Gasteiger partial charge is 0.268 e. The zero-order chi connectivity index (χ0) is 24.6. The first kappa shape index (κ1) is 24.0. The van der Waals surface area contributed by atoms with Crippen molar-refractivity contribution >= 4 is 15.7 Å². The first-order valence-electron chi connectivity index (χ1n) is 11.3. The van der Waals surface area contributed by atoms with Crippen molar-refractivity contribution in [2.75, 3.05) is 4.31 Å². The maximum absolute atomic E-state index is 14.3. The number of sulfonamides is 1. The van der Waals surface area contributed by atoms with E-state index in [9.17, 15) is 27.4 Å². The number of unbranched alkanes of at least 4 members (excludes halogenated alkanes) is 3. The SMILES string of the molecule is CCCCCCc1c(O)ccc(S(=O)(=O)N2c3cc(F)ccc3-c3ccc(F)cc3[C@@H]2C)c1O. The van der Waals surface area contributed by atoms with Gasteiger partial charge < -0.3 is 10.2 Å². The number of phenolic OH excluding ortho intramolecular Hbond substituents is 2. The van der Waals surface area contributed by atoms with Crippen LogP contribution in [0.2, 0.25) is 0 Å². The van der Waals surface area contributed by atoms with E-state index in [1.807, 2.05) is 0 Å². The fourth-order valence-electron chi connectivity index (χ4n) is 4.61. The van der Waals surface area contributed by atoms with Crippen LogP contribution < -0.4 is 4.31 Å².